The van der Waals surface area contributed by atoms with E-state index >= 15 is 0 Å². The third kappa shape index (κ3) is 5.03. The third-order valence-electron chi connectivity index (χ3n) is 6.44. The van der Waals surface area contributed by atoms with Crippen LogP contribution in [0.3, 0.4) is 0 Å². The molecule has 1 aliphatic heterocycles. The summed E-state index contributed by atoms with van der Waals surface area (Å²) < 4.78 is 35.7. The summed E-state index contributed by atoms with van der Waals surface area (Å²) in [6, 6.07) is 18.2. The molecule has 0 saturated heterocycles. The zero-order chi connectivity index (χ0) is 29.5. The monoisotopic (exact) mass is 558 g/mol. The number of hydrogen-bond acceptors (Lipinski definition) is 6. The fourth-order valence-electron chi connectivity index (χ4n) is 4.82. The Morgan fingerprint density at radius 2 is 1.73 bits per heavy atom. The van der Waals surface area contributed by atoms with Gasteiger partial charge in [0, 0.05) is 47.0 Å². The van der Waals surface area contributed by atoms with E-state index in [0.29, 0.717) is 34.5 Å². The van der Waals surface area contributed by atoms with Gasteiger partial charge in [0.15, 0.2) is 17.7 Å². The largest absolute Gasteiger partial charge is 0.366 e. The van der Waals surface area contributed by atoms with Gasteiger partial charge in [0.05, 0.1) is 22.5 Å². The van der Waals surface area contributed by atoms with Crippen LogP contribution in [0.15, 0.2) is 78.0 Å². The highest BCUT2D eigenvalue weighted by atomic mass is 32.2. The first-order chi connectivity index (χ1) is 18.7. The molecule has 1 unspecified atom stereocenters. The normalized spacial score (nSPS) is 16.8. The van der Waals surface area contributed by atoms with E-state index in [1.807, 2.05) is 6.07 Å². The minimum Gasteiger partial charge on any atom is -0.366 e. The zero-order valence-corrected chi connectivity index (χ0v) is 23.2. The highest BCUT2D eigenvalue weighted by Gasteiger charge is 2.38. The van der Waals surface area contributed by atoms with E-state index < -0.39 is 21.8 Å². The molecule has 40 heavy (non-hydrogen) atoms. The summed E-state index contributed by atoms with van der Waals surface area (Å²) >= 11 is 0. The van der Waals surface area contributed by atoms with Crippen molar-refractivity contribution in [1.29, 1.82) is 5.26 Å². The minimum atomic E-state index is -4.69. The molecule has 0 saturated carbocycles. The number of aldehydes is 1. The SMILES string of the molecule is CC1=N[N+](c2ccc(C=O)c(C#N)c2)(c2ccc(-c3ccccc3N(C(C)(C)C)S(=O)(=O)O)c(C(N)=O)c2)C=C1. The van der Waals surface area contributed by atoms with Crippen molar-refractivity contribution in [3.63, 3.8) is 0 Å². The Kier molecular flexibility index (Phi) is 7.21. The second-order valence-corrected chi connectivity index (χ2v) is 11.5. The van der Waals surface area contributed by atoms with Crippen molar-refractivity contribution in [3.8, 4) is 17.2 Å². The first kappa shape index (κ1) is 28.4. The summed E-state index contributed by atoms with van der Waals surface area (Å²) in [5, 5.41) is 14.4. The number of allylic oxidation sites excluding steroid dienone is 1. The number of benzene rings is 3. The van der Waals surface area contributed by atoms with Gasteiger partial charge in [-0.05, 0) is 51.5 Å². The number of carbonyl (C=O) groups is 2. The van der Waals surface area contributed by atoms with E-state index in [4.69, 9.17) is 10.8 Å². The quantitative estimate of drug-likeness (QED) is 0.234. The van der Waals surface area contributed by atoms with Gasteiger partial charge >= 0.3 is 10.3 Å². The Labute approximate surface area is 232 Å². The molecular formula is C29H28N5O5S+. The molecule has 3 aromatic carbocycles. The van der Waals surface area contributed by atoms with E-state index in [0.717, 1.165) is 4.31 Å². The summed E-state index contributed by atoms with van der Waals surface area (Å²) in [6.45, 7) is 6.70. The Balaban J connectivity index is 1.98. The molecule has 3 aromatic rings. The number of para-hydroxylation sites is 1. The Morgan fingerprint density at radius 1 is 1.07 bits per heavy atom. The molecule has 0 aliphatic carbocycles. The summed E-state index contributed by atoms with van der Waals surface area (Å²) in [6.07, 6.45) is 4.17. The molecular weight excluding hydrogens is 530 g/mol. The van der Waals surface area contributed by atoms with Gasteiger partial charge in [0.1, 0.15) is 12.3 Å². The van der Waals surface area contributed by atoms with Crippen LogP contribution in [0.4, 0.5) is 17.1 Å². The molecule has 0 bridgehead atoms. The number of anilines is 1. The van der Waals surface area contributed by atoms with Crippen molar-refractivity contribution < 1.29 is 22.6 Å². The standard InChI is InChI=1S/C29H27N5O5S/c1-19-13-14-34(32-19,22-10-9-20(18-35)21(15-22)17-30)23-11-12-24(26(16-23)28(31)36)25-7-5-6-8-27(25)33(29(2,3)4)40(37,38)39/h5-16,18H,1-4H3,(H2-,31,36,37,38,39)/p+1. The van der Waals surface area contributed by atoms with Crippen LogP contribution in [0.5, 0.6) is 0 Å². The minimum absolute atomic E-state index is 0.0878. The molecule has 0 fully saturated rings. The predicted molar refractivity (Wildman–Crippen MR) is 154 cm³/mol. The van der Waals surface area contributed by atoms with Crippen LogP contribution < -0.4 is 14.6 Å². The number of nitriles is 1. The number of primary amides is 1. The first-order valence-corrected chi connectivity index (χ1v) is 13.6. The molecule has 0 spiro atoms. The first-order valence-electron chi connectivity index (χ1n) is 12.2. The average molecular weight is 559 g/mol. The summed E-state index contributed by atoms with van der Waals surface area (Å²) in [5.41, 5.74) is 7.91. The molecule has 0 radical (unpaired) electrons. The van der Waals surface area contributed by atoms with Crippen LogP contribution in [0.2, 0.25) is 0 Å². The lowest BCUT2D eigenvalue weighted by atomic mass is 9.95. The molecule has 4 rings (SSSR count). The van der Waals surface area contributed by atoms with E-state index in [9.17, 15) is 27.8 Å². The maximum absolute atomic E-state index is 12.8. The molecule has 3 N–H and O–H groups in total. The third-order valence-corrected chi connectivity index (χ3v) is 7.65. The average Bonchev–Trinajstić information content (AvgIpc) is 3.29. The number of amides is 1. The van der Waals surface area contributed by atoms with E-state index in [-0.39, 0.29) is 27.0 Å². The Hall–Kier alpha value is -4.63. The molecule has 1 atom stereocenters. The number of carbonyl (C=O) groups excluding carboxylic acids is 2. The van der Waals surface area contributed by atoms with Gasteiger partial charge in [-0.1, -0.05) is 23.3 Å². The fraction of sp³-hybridized carbons (Fsp3) is 0.172. The van der Waals surface area contributed by atoms with Gasteiger partial charge in [-0.3, -0.25) is 14.1 Å². The number of rotatable bonds is 7. The van der Waals surface area contributed by atoms with Crippen LogP contribution in [0.1, 0.15) is 54.0 Å². The number of hydrogen-bond donors (Lipinski definition) is 2. The highest BCUT2D eigenvalue weighted by Crippen LogP contribution is 2.43. The van der Waals surface area contributed by atoms with Crippen molar-refractivity contribution in [3.05, 3.63) is 89.6 Å². The second-order valence-electron chi connectivity index (χ2n) is 10.3. The Morgan fingerprint density at radius 3 is 2.27 bits per heavy atom. The lowest BCUT2D eigenvalue weighted by Crippen LogP contribution is -2.45. The van der Waals surface area contributed by atoms with Crippen molar-refractivity contribution in [1.82, 2.24) is 4.59 Å². The Bertz CT molecular complexity index is 1750. The number of nitrogens with zero attached hydrogens (tertiary/aromatic N) is 4. The molecule has 10 nitrogen and oxygen atoms in total. The molecule has 11 heteroatoms. The topological polar surface area (TPSA) is 154 Å². The fourth-order valence-corrected chi connectivity index (χ4v) is 5.92. The van der Waals surface area contributed by atoms with Crippen molar-refractivity contribution >= 4 is 45.3 Å². The highest BCUT2D eigenvalue weighted by molar-refractivity contribution is 7.87. The summed E-state index contributed by atoms with van der Waals surface area (Å²) in [5.74, 6) is -0.767. The van der Waals surface area contributed by atoms with Gasteiger partial charge in [0.25, 0.3) is 0 Å². The molecule has 0 aromatic heterocycles. The van der Waals surface area contributed by atoms with Gasteiger partial charge in [0.2, 0.25) is 5.91 Å². The van der Waals surface area contributed by atoms with E-state index in [1.165, 1.54) is 12.1 Å². The van der Waals surface area contributed by atoms with Crippen LogP contribution in [-0.2, 0) is 10.3 Å². The van der Waals surface area contributed by atoms with Crippen LogP contribution in [0.25, 0.3) is 11.1 Å². The predicted octanol–water partition coefficient (Wildman–Crippen LogP) is 5.09. The number of nitrogens with two attached hydrogens (primary N) is 1. The lowest BCUT2D eigenvalue weighted by Gasteiger charge is -2.35. The maximum atomic E-state index is 12.8. The van der Waals surface area contributed by atoms with Gasteiger partial charge in [-0.2, -0.15) is 13.7 Å². The lowest BCUT2D eigenvalue weighted by molar-refractivity contribution is 0.1000. The molecule has 1 amide bonds. The zero-order valence-electron chi connectivity index (χ0n) is 22.4. The summed E-state index contributed by atoms with van der Waals surface area (Å²) in [4.78, 5) is 24.2. The molecule has 1 aliphatic rings. The van der Waals surface area contributed by atoms with E-state index in [1.54, 1.807) is 88.5 Å². The van der Waals surface area contributed by atoms with Crippen molar-refractivity contribution in [2.24, 2.45) is 10.8 Å². The van der Waals surface area contributed by atoms with Crippen LogP contribution in [0, 0.1) is 11.3 Å². The number of quaternary nitrogens is 1. The second kappa shape index (κ2) is 10.2. The molecule has 1 heterocycles. The van der Waals surface area contributed by atoms with Gasteiger partial charge < -0.3 is 5.73 Å². The summed E-state index contributed by atoms with van der Waals surface area (Å²) in [7, 11) is -4.69. The van der Waals surface area contributed by atoms with Crippen LogP contribution in [-0.4, -0.2) is 36.4 Å². The van der Waals surface area contributed by atoms with Crippen molar-refractivity contribution in [2.75, 3.05) is 4.31 Å². The van der Waals surface area contributed by atoms with Gasteiger partial charge in [-0.15, -0.1) is 4.59 Å². The smallest absolute Gasteiger partial charge is 0.360 e. The van der Waals surface area contributed by atoms with Crippen LogP contribution >= 0.6 is 0 Å². The maximum Gasteiger partial charge on any atom is 0.360 e. The molecule has 204 valence electrons. The van der Waals surface area contributed by atoms with E-state index in [2.05, 4.69) is 0 Å². The van der Waals surface area contributed by atoms with Gasteiger partial charge in [-0.25, -0.2) is 4.31 Å². The van der Waals surface area contributed by atoms with Crippen molar-refractivity contribution in [2.45, 2.75) is 33.2 Å².